The maximum absolute atomic E-state index is 13.4. The fourth-order valence-corrected chi connectivity index (χ4v) is 5.63. The van der Waals surface area contributed by atoms with Crippen molar-refractivity contribution in [2.24, 2.45) is 0 Å². The van der Waals surface area contributed by atoms with Gasteiger partial charge in [0, 0.05) is 35.3 Å². The second-order valence-corrected chi connectivity index (χ2v) is 11.1. The number of nitrogens with one attached hydrogen (secondary N) is 2. The SMILES string of the molecule is CN(C)CCNC(=O)CCc1ccc2c(c1)sc1ncnc(Nc3ccc(OCc4cccc(F)c4)c(Cl)c3)c12. The van der Waals surface area contributed by atoms with E-state index in [4.69, 9.17) is 16.3 Å². The fourth-order valence-electron chi connectivity index (χ4n) is 4.29. The summed E-state index contributed by atoms with van der Waals surface area (Å²) < 4.78 is 20.3. The third-order valence-corrected chi connectivity index (χ3v) is 7.69. The Hall–Kier alpha value is -3.79. The number of fused-ring (bicyclic) bond motifs is 3. The molecule has 0 bridgehead atoms. The molecule has 40 heavy (non-hydrogen) atoms. The minimum atomic E-state index is -0.307. The number of anilines is 2. The minimum absolute atomic E-state index is 0.0553. The number of carbonyl (C=O) groups is 1. The highest BCUT2D eigenvalue weighted by Crippen LogP contribution is 2.38. The normalized spacial score (nSPS) is 11.3. The molecule has 0 aliphatic carbocycles. The van der Waals surface area contributed by atoms with Gasteiger partial charge in [-0.2, -0.15) is 0 Å². The monoisotopic (exact) mass is 577 g/mol. The number of amides is 1. The van der Waals surface area contributed by atoms with Gasteiger partial charge in [-0.1, -0.05) is 35.9 Å². The molecule has 5 aromatic rings. The molecule has 3 aromatic carbocycles. The predicted molar refractivity (Wildman–Crippen MR) is 160 cm³/mol. The summed E-state index contributed by atoms with van der Waals surface area (Å²) in [5.74, 6) is 0.927. The van der Waals surface area contributed by atoms with Crippen molar-refractivity contribution in [1.82, 2.24) is 20.2 Å². The second kappa shape index (κ2) is 12.6. The molecule has 2 N–H and O–H groups in total. The first kappa shape index (κ1) is 27.8. The summed E-state index contributed by atoms with van der Waals surface area (Å²) >= 11 is 8.09. The van der Waals surface area contributed by atoms with Crippen LogP contribution in [-0.4, -0.2) is 48.0 Å². The van der Waals surface area contributed by atoms with E-state index in [2.05, 4.69) is 38.8 Å². The number of halogens is 2. The lowest BCUT2D eigenvalue weighted by Gasteiger charge is -2.11. The Kier molecular flexibility index (Phi) is 8.74. The van der Waals surface area contributed by atoms with E-state index < -0.39 is 0 Å². The van der Waals surface area contributed by atoms with Gasteiger partial charge in [-0.15, -0.1) is 11.3 Å². The summed E-state index contributed by atoms with van der Waals surface area (Å²) in [4.78, 5) is 24.1. The lowest BCUT2D eigenvalue weighted by molar-refractivity contribution is -0.121. The molecule has 2 heterocycles. The van der Waals surface area contributed by atoms with Crippen LogP contribution in [0.3, 0.4) is 0 Å². The molecule has 0 saturated heterocycles. The van der Waals surface area contributed by atoms with Crippen molar-refractivity contribution in [1.29, 1.82) is 0 Å². The zero-order valence-corrected chi connectivity index (χ0v) is 23.8. The Morgan fingerprint density at radius 2 is 1.95 bits per heavy atom. The molecule has 0 spiro atoms. The molecule has 0 fully saturated rings. The Morgan fingerprint density at radius 1 is 1.07 bits per heavy atom. The number of benzene rings is 3. The molecule has 7 nitrogen and oxygen atoms in total. The van der Waals surface area contributed by atoms with E-state index >= 15 is 0 Å². The summed E-state index contributed by atoms with van der Waals surface area (Å²) in [5.41, 5.74) is 2.57. The summed E-state index contributed by atoms with van der Waals surface area (Å²) in [6.07, 6.45) is 2.65. The Morgan fingerprint density at radius 3 is 2.75 bits per heavy atom. The molecule has 0 aliphatic heterocycles. The number of nitrogens with zero attached hydrogens (tertiary/aromatic N) is 3. The second-order valence-electron chi connectivity index (χ2n) is 9.68. The quantitative estimate of drug-likeness (QED) is 0.185. The zero-order chi connectivity index (χ0) is 28.1. The smallest absolute Gasteiger partial charge is 0.220 e. The van der Waals surface area contributed by atoms with Crippen LogP contribution in [0.15, 0.2) is 67.0 Å². The summed E-state index contributed by atoms with van der Waals surface area (Å²) in [5, 5.41) is 8.73. The Balaban J connectivity index is 1.28. The molecule has 206 valence electrons. The van der Waals surface area contributed by atoms with Gasteiger partial charge >= 0.3 is 0 Å². The van der Waals surface area contributed by atoms with Crippen LogP contribution < -0.4 is 15.4 Å². The third-order valence-electron chi connectivity index (χ3n) is 6.33. The van der Waals surface area contributed by atoms with Crippen LogP contribution in [-0.2, 0) is 17.8 Å². The Bertz CT molecular complexity index is 1660. The van der Waals surface area contributed by atoms with E-state index in [9.17, 15) is 9.18 Å². The number of likely N-dealkylation sites (N-methyl/N-ethyl adjacent to an activating group) is 1. The molecule has 2 aromatic heterocycles. The summed E-state index contributed by atoms with van der Waals surface area (Å²) in [6, 6.07) is 17.9. The molecular formula is C30H29ClFN5O2S. The maximum Gasteiger partial charge on any atom is 0.220 e. The van der Waals surface area contributed by atoms with Crippen LogP contribution in [0.4, 0.5) is 15.9 Å². The first-order valence-electron chi connectivity index (χ1n) is 12.9. The van der Waals surface area contributed by atoms with E-state index in [0.29, 0.717) is 36.0 Å². The molecule has 0 unspecified atom stereocenters. The van der Waals surface area contributed by atoms with E-state index in [1.165, 1.54) is 18.5 Å². The average Bonchev–Trinajstić information content (AvgIpc) is 3.30. The lowest BCUT2D eigenvalue weighted by atomic mass is 10.1. The topological polar surface area (TPSA) is 79.4 Å². The largest absolute Gasteiger partial charge is 0.487 e. The molecule has 0 radical (unpaired) electrons. The Labute approximate surface area is 241 Å². The van der Waals surface area contributed by atoms with Crippen LogP contribution in [0, 0.1) is 5.82 Å². The first-order chi connectivity index (χ1) is 19.4. The number of thiophene rings is 1. The number of hydrogen-bond donors (Lipinski definition) is 2. The van der Waals surface area contributed by atoms with Crippen molar-refractivity contribution in [3.05, 3.63) is 89.0 Å². The molecule has 5 rings (SSSR count). The highest BCUT2D eigenvalue weighted by molar-refractivity contribution is 7.25. The maximum atomic E-state index is 13.4. The number of hydrogen-bond acceptors (Lipinski definition) is 7. The van der Waals surface area contributed by atoms with E-state index in [1.807, 2.05) is 25.1 Å². The van der Waals surface area contributed by atoms with Crippen LogP contribution >= 0.6 is 22.9 Å². The van der Waals surface area contributed by atoms with Gasteiger partial charge < -0.3 is 20.3 Å². The minimum Gasteiger partial charge on any atom is -0.487 e. The fraction of sp³-hybridized carbons (Fsp3) is 0.233. The molecule has 0 aliphatic rings. The zero-order valence-electron chi connectivity index (χ0n) is 22.2. The molecule has 0 saturated carbocycles. The first-order valence-corrected chi connectivity index (χ1v) is 14.1. The van der Waals surface area contributed by atoms with Crippen molar-refractivity contribution in [3.8, 4) is 5.75 Å². The van der Waals surface area contributed by atoms with Gasteiger partial charge in [0.15, 0.2) is 0 Å². The average molecular weight is 578 g/mol. The molecule has 1 amide bonds. The van der Waals surface area contributed by atoms with Crippen LogP contribution in [0.25, 0.3) is 20.3 Å². The predicted octanol–water partition coefficient (Wildman–Crippen LogP) is 6.57. The van der Waals surface area contributed by atoms with Crippen molar-refractivity contribution >= 4 is 60.7 Å². The number of carbonyl (C=O) groups excluding carboxylic acids is 1. The number of aromatic nitrogens is 2. The lowest BCUT2D eigenvalue weighted by Crippen LogP contribution is -2.31. The molecular weight excluding hydrogens is 549 g/mol. The van der Waals surface area contributed by atoms with Crippen LogP contribution in [0.2, 0.25) is 5.02 Å². The number of rotatable bonds is 11. The van der Waals surface area contributed by atoms with Gasteiger partial charge in [-0.05, 0) is 68.0 Å². The van der Waals surface area contributed by atoms with E-state index in [0.717, 1.165) is 43.7 Å². The van der Waals surface area contributed by atoms with E-state index in [1.54, 1.807) is 35.6 Å². The van der Waals surface area contributed by atoms with Crippen molar-refractivity contribution < 1.29 is 13.9 Å². The summed E-state index contributed by atoms with van der Waals surface area (Å²) in [7, 11) is 3.97. The molecule has 10 heteroatoms. The highest BCUT2D eigenvalue weighted by Gasteiger charge is 2.14. The number of aryl methyl sites for hydroxylation is 1. The molecule has 0 atom stereocenters. The van der Waals surface area contributed by atoms with Gasteiger partial charge in [0.05, 0.1) is 10.4 Å². The van der Waals surface area contributed by atoms with Gasteiger partial charge in [0.1, 0.15) is 35.1 Å². The van der Waals surface area contributed by atoms with Crippen molar-refractivity contribution in [2.45, 2.75) is 19.4 Å². The van der Waals surface area contributed by atoms with Crippen molar-refractivity contribution in [2.75, 3.05) is 32.5 Å². The van der Waals surface area contributed by atoms with Crippen LogP contribution in [0.1, 0.15) is 17.5 Å². The van der Waals surface area contributed by atoms with E-state index in [-0.39, 0.29) is 18.3 Å². The standard InChI is InChI=1S/C30H29ClFN5O2S/c1-37(2)13-12-33-27(38)11-7-19-6-9-23-26(15-19)40-30-28(23)29(34-18-35-30)36-22-8-10-25(24(31)16-22)39-17-20-4-3-5-21(32)14-20/h3-6,8-10,14-16,18H,7,11-13,17H2,1-2H3,(H,33,38)(H,34,35,36). The van der Waals surface area contributed by atoms with Gasteiger partial charge in [0.2, 0.25) is 5.91 Å². The summed E-state index contributed by atoms with van der Waals surface area (Å²) in [6.45, 7) is 1.67. The van der Waals surface area contributed by atoms with Crippen molar-refractivity contribution in [3.63, 3.8) is 0 Å². The van der Waals surface area contributed by atoms with Crippen LogP contribution in [0.5, 0.6) is 5.75 Å². The van der Waals surface area contributed by atoms with Gasteiger partial charge in [-0.3, -0.25) is 4.79 Å². The van der Waals surface area contributed by atoms with Gasteiger partial charge in [-0.25, -0.2) is 14.4 Å². The number of ether oxygens (including phenoxy) is 1. The highest BCUT2D eigenvalue weighted by atomic mass is 35.5. The van der Waals surface area contributed by atoms with Gasteiger partial charge in [0.25, 0.3) is 0 Å². The third kappa shape index (κ3) is 6.85.